The summed E-state index contributed by atoms with van der Waals surface area (Å²) in [4.78, 5) is 18.0. The normalized spacial score (nSPS) is 11.7. The maximum absolute atomic E-state index is 14.1. The van der Waals surface area contributed by atoms with Gasteiger partial charge in [0.1, 0.15) is 0 Å². The van der Waals surface area contributed by atoms with E-state index in [0.717, 1.165) is 17.2 Å². The van der Waals surface area contributed by atoms with Crippen molar-refractivity contribution in [3.05, 3.63) is 88.9 Å². The number of nitrogens with one attached hydrogen (secondary N) is 1. The minimum atomic E-state index is -4.95. The Morgan fingerprint density at radius 2 is 1.83 bits per heavy atom. The molecule has 1 N–H and O–H groups in total. The van der Waals surface area contributed by atoms with E-state index in [1.807, 2.05) is 0 Å². The molecule has 35 heavy (non-hydrogen) atoms. The number of aromatic nitrogens is 7. The average Bonchev–Trinajstić information content (AvgIpc) is 3.50. The van der Waals surface area contributed by atoms with Crippen molar-refractivity contribution in [1.82, 2.24) is 29.8 Å². The molecule has 0 aliphatic heterocycles. The molecule has 0 aliphatic rings. The molecule has 5 rings (SSSR count). The summed E-state index contributed by atoms with van der Waals surface area (Å²) in [5.74, 6) is -0.907. The molecule has 0 fully saturated rings. The number of hydrogen-bond acceptors (Lipinski definition) is 6. The summed E-state index contributed by atoms with van der Waals surface area (Å²) in [6, 6.07) is 8.63. The van der Waals surface area contributed by atoms with Crippen molar-refractivity contribution in [1.29, 1.82) is 0 Å². The van der Waals surface area contributed by atoms with E-state index in [1.165, 1.54) is 42.9 Å². The molecule has 0 bridgehead atoms. The lowest BCUT2D eigenvalue weighted by Gasteiger charge is -2.14. The summed E-state index contributed by atoms with van der Waals surface area (Å²) in [7, 11) is 0. The zero-order valence-electron chi connectivity index (χ0n) is 17.3. The van der Waals surface area contributed by atoms with E-state index < -0.39 is 23.3 Å². The highest BCUT2D eigenvalue weighted by Crippen LogP contribution is 2.35. The predicted octanol–water partition coefficient (Wildman–Crippen LogP) is 3.56. The fourth-order valence-electron chi connectivity index (χ4n) is 3.52. The fourth-order valence-corrected chi connectivity index (χ4v) is 3.76. The number of rotatable bonds is 4. The molecule has 176 valence electrons. The molecular formula is C21H12ClF3N8O2. The van der Waals surface area contributed by atoms with Gasteiger partial charge in [-0.05, 0) is 12.1 Å². The first-order valence-electron chi connectivity index (χ1n) is 9.84. The predicted molar refractivity (Wildman–Crippen MR) is 117 cm³/mol. The van der Waals surface area contributed by atoms with Gasteiger partial charge in [0.2, 0.25) is 5.52 Å². The summed E-state index contributed by atoms with van der Waals surface area (Å²) < 4.78 is 43.5. The number of anilines is 1. The second-order valence-corrected chi connectivity index (χ2v) is 7.57. The maximum atomic E-state index is 14.1. The number of halogens is 4. The summed E-state index contributed by atoms with van der Waals surface area (Å²) in [5.41, 5.74) is -1.85. The fraction of sp³-hybridized carbons (Fsp3) is 0.0476. The van der Waals surface area contributed by atoms with Gasteiger partial charge in [-0.25, -0.2) is 9.67 Å². The van der Waals surface area contributed by atoms with Gasteiger partial charge < -0.3 is 10.5 Å². The third-order valence-electron chi connectivity index (χ3n) is 4.98. The van der Waals surface area contributed by atoms with Gasteiger partial charge in [-0.2, -0.15) is 33.2 Å². The molecule has 1 aromatic carbocycles. The summed E-state index contributed by atoms with van der Waals surface area (Å²) in [5, 5.41) is 26.3. The van der Waals surface area contributed by atoms with Crippen LogP contribution in [0.3, 0.4) is 0 Å². The van der Waals surface area contributed by atoms with Crippen molar-refractivity contribution >= 4 is 34.1 Å². The highest BCUT2D eigenvalue weighted by atomic mass is 35.5. The van der Waals surface area contributed by atoms with Crippen molar-refractivity contribution < 1.29 is 22.7 Å². The molecule has 0 spiro atoms. The monoisotopic (exact) mass is 500 g/mol. The largest absolute Gasteiger partial charge is 0.618 e. The average molecular weight is 501 g/mol. The number of alkyl halides is 3. The standard InChI is InChI=1S/C21H12ClF3N8O2/c22-15-9-12(10-26-19(15)33-27-6-7-28-33)30-20(34)14-11-29-32(18(14)21(23,24)25)17-5-8-31(35)16-4-2-1-3-13(16)17/h1-11H,(H,30,34). The van der Waals surface area contributed by atoms with Crippen LogP contribution in [-0.4, -0.2) is 35.7 Å². The van der Waals surface area contributed by atoms with E-state index in [1.54, 1.807) is 12.1 Å². The molecule has 0 saturated heterocycles. The smallest absolute Gasteiger partial charge is 0.434 e. The Labute approximate surface area is 198 Å². The number of benzene rings is 1. The summed E-state index contributed by atoms with van der Waals surface area (Å²) in [6.45, 7) is 0. The van der Waals surface area contributed by atoms with Gasteiger partial charge in [0, 0.05) is 12.1 Å². The Bertz CT molecular complexity index is 1570. The highest BCUT2D eigenvalue weighted by molar-refractivity contribution is 6.32. The molecular weight excluding hydrogens is 489 g/mol. The van der Waals surface area contributed by atoms with E-state index >= 15 is 0 Å². The second-order valence-electron chi connectivity index (χ2n) is 7.16. The molecule has 1 amide bonds. The molecule has 10 nitrogen and oxygen atoms in total. The molecule has 0 unspecified atom stereocenters. The third kappa shape index (κ3) is 4.01. The SMILES string of the molecule is O=C(Nc1cnc(-n2nccn2)c(Cl)c1)c1cnn(-c2cc[n+]([O-])c3ccccc23)c1C(F)(F)F. The van der Waals surface area contributed by atoms with Gasteiger partial charge in [0.15, 0.2) is 17.7 Å². The lowest BCUT2D eigenvalue weighted by Crippen LogP contribution is -2.27. The van der Waals surface area contributed by atoms with Crippen molar-refractivity contribution in [2.24, 2.45) is 0 Å². The minimum Gasteiger partial charge on any atom is -0.618 e. The van der Waals surface area contributed by atoms with Gasteiger partial charge in [0.25, 0.3) is 5.91 Å². The number of pyridine rings is 2. The Hall–Kier alpha value is -4.52. The van der Waals surface area contributed by atoms with Crippen molar-refractivity contribution in [2.75, 3.05) is 5.32 Å². The van der Waals surface area contributed by atoms with E-state index in [0.29, 0.717) is 9.41 Å². The number of fused-ring (bicyclic) bond motifs is 1. The summed E-state index contributed by atoms with van der Waals surface area (Å²) in [6.07, 6.45) is 0.967. The Morgan fingerprint density at radius 1 is 1.09 bits per heavy atom. The number of para-hydroxylation sites is 1. The number of carbonyl (C=O) groups excluding carboxylic acids is 1. The lowest BCUT2D eigenvalue weighted by molar-refractivity contribution is -0.576. The van der Waals surface area contributed by atoms with Crippen LogP contribution in [0.25, 0.3) is 22.4 Å². The summed E-state index contributed by atoms with van der Waals surface area (Å²) >= 11 is 6.17. The second kappa shape index (κ2) is 8.36. The van der Waals surface area contributed by atoms with Crippen LogP contribution in [0.15, 0.2) is 67.4 Å². The van der Waals surface area contributed by atoms with Crippen LogP contribution >= 0.6 is 11.6 Å². The first-order valence-corrected chi connectivity index (χ1v) is 10.2. The number of carbonyl (C=O) groups is 1. The zero-order chi connectivity index (χ0) is 24.7. The number of amides is 1. The Morgan fingerprint density at radius 3 is 2.54 bits per heavy atom. The van der Waals surface area contributed by atoms with E-state index in [9.17, 15) is 23.2 Å². The number of nitrogens with zero attached hydrogens (tertiary/aromatic N) is 7. The number of hydrogen-bond donors (Lipinski definition) is 1. The molecule has 0 saturated carbocycles. The van der Waals surface area contributed by atoms with Gasteiger partial charge in [-0.3, -0.25) is 4.79 Å². The van der Waals surface area contributed by atoms with Gasteiger partial charge in [-0.15, -0.1) is 4.80 Å². The van der Waals surface area contributed by atoms with Crippen LogP contribution in [0, 0.1) is 5.21 Å². The molecule has 0 radical (unpaired) electrons. The minimum absolute atomic E-state index is 0.0140. The van der Waals surface area contributed by atoms with Crippen LogP contribution in [-0.2, 0) is 6.18 Å². The van der Waals surface area contributed by atoms with Crippen LogP contribution < -0.4 is 10.0 Å². The van der Waals surface area contributed by atoms with E-state index in [2.05, 4.69) is 25.6 Å². The lowest BCUT2D eigenvalue weighted by atomic mass is 10.1. The Kier molecular flexibility index (Phi) is 5.32. The van der Waals surface area contributed by atoms with Gasteiger partial charge >= 0.3 is 6.18 Å². The van der Waals surface area contributed by atoms with Crippen LogP contribution in [0.2, 0.25) is 5.02 Å². The van der Waals surface area contributed by atoms with Crippen LogP contribution in [0.1, 0.15) is 16.1 Å². The van der Waals surface area contributed by atoms with Crippen molar-refractivity contribution in [3.63, 3.8) is 0 Å². The van der Waals surface area contributed by atoms with E-state index in [4.69, 9.17) is 11.6 Å². The zero-order valence-corrected chi connectivity index (χ0v) is 18.1. The molecule has 4 aromatic heterocycles. The highest BCUT2D eigenvalue weighted by Gasteiger charge is 2.41. The third-order valence-corrected chi connectivity index (χ3v) is 5.26. The van der Waals surface area contributed by atoms with Crippen LogP contribution in [0.5, 0.6) is 0 Å². The van der Waals surface area contributed by atoms with Gasteiger partial charge in [-0.1, -0.05) is 23.7 Å². The maximum Gasteiger partial charge on any atom is 0.434 e. The molecule has 0 aliphatic carbocycles. The first-order chi connectivity index (χ1) is 16.7. The topological polar surface area (TPSA) is 117 Å². The van der Waals surface area contributed by atoms with Gasteiger partial charge in [0.05, 0.1) is 52.1 Å². The molecule has 4 heterocycles. The molecule has 5 aromatic rings. The molecule has 14 heteroatoms. The van der Waals surface area contributed by atoms with Crippen molar-refractivity contribution in [2.45, 2.75) is 6.18 Å². The quantitative estimate of drug-likeness (QED) is 0.298. The Balaban J connectivity index is 1.54. The van der Waals surface area contributed by atoms with Crippen molar-refractivity contribution in [3.8, 4) is 11.5 Å². The van der Waals surface area contributed by atoms with E-state index in [-0.39, 0.29) is 33.1 Å². The molecule has 0 atom stereocenters. The van der Waals surface area contributed by atoms with Crippen LogP contribution in [0.4, 0.5) is 18.9 Å². The first kappa shape index (κ1) is 22.3.